The van der Waals surface area contributed by atoms with Gasteiger partial charge >= 0.3 is 0 Å². The molecule has 0 radical (unpaired) electrons. The molecule has 2 aromatic heterocycles. The van der Waals surface area contributed by atoms with Crippen LogP contribution >= 0.6 is 23.1 Å². The molecule has 3 heterocycles. The fourth-order valence-electron chi connectivity index (χ4n) is 3.44. The Hall–Kier alpha value is -2.59. The normalized spacial score (nSPS) is 16.8. The van der Waals surface area contributed by atoms with Gasteiger partial charge in [0.2, 0.25) is 11.0 Å². The number of nitrogens with one attached hydrogen (secondary N) is 1. The van der Waals surface area contributed by atoms with E-state index in [9.17, 15) is 4.79 Å². The van der Waals surface area contributed by atoms with Crippen LogP contribution < -0.4 is 11.1 Å². The molecule has 1 atom stereocenters. The third-order valence-electron chi connectivity index (χ3n) is 5.21. The fraction of sp³-hybridized carbons (Fsp3) is 0.455. The first-order chi connectivity index (χ1) is 15.3. The van der Waals surface area contributed by atoms with Crippen molar-refractivity contribution in [1.29, 1.82) is 0 Å². The number of nitrogens with zero attached hydrogens (tertiary/aromatic N) is 4. The minimum Gasteiger partial charge on any atom is -0.444 e. The molecule has 4 rings (SSSR count). The summed E-state index contributed by atoms with van der Waals surface area (Å²) in [4.78, 5) is 19.1. The molecular formula is C22H28N6O2S2. The summed E-state index contributed by atoms with van der Waals surface area (Å²) >= 11 is 3.07. The van der Waals surface area contributed by atoms with Crippen LogP contribution in [-0.4, -0.2) is 45.1 Å². The van der Waals surface area contributed by atoms with Gasteiger partial charge in [0, 0.05) is 35.8 Å². The maximum absolute atomic E-state index is 12.8. The Morgan fingerprint density at radius 1 is 1.31 bits per heavy atom. The molecule has 3 N–H and O–H groups in total. The molecule has 32 heavy (non-hydrogen) atoms. The van der Waals surface area contributed by atoms with Gasteiger partial charge in [-0.2, -0.15) is 0 Å². The van der Waals surface area contributed by atoms with Crippen molar-refractivity contribution in [3.05, 3.63) is 47.7 Å². The molecule has 0 unspecified atom stereocenters. The highest BCUT2D eigenvalue weighted by Gasteiger charge is 2.25. The number of aromatic nitrogens is 3. The van der Waals surface area contributed by atoms with E-state index in [-0.39, 0.29) is 17.4 Å². The lowest BCUT2D eigenvalue weighted by Gasteiger charge is -2.33. The minimum absolute atomic E-state index is 0.0329. The lowest BCUT2D eigenvalue weighted by molar-refractivity contribution is 0.0715. The van der Waals surface area contributed by atoms with Crippen LogP contribution in [0.5, 0.6) is 0 Å². The van der Waals surface area contributed by atoms with Crippen LogP contribution in [0.3, 0.4) is 0 Å². The van der Waals surface area contributed by atoms with E-state index in [4.69, 9.17) is 10.2 Å². The topological polar surface area (TPSA) is 110 Å². The maximum Gasteiger partial charge on any atom is 0.253 e. The van der Waals surface area contributed by atoms with Gasteiger partial charge in [-0.05, 0) is 37.1 Å². The van der Waals surface area contributed by atoms with Gasteiger partial charge in [-0.3, -0.25) is 4.79 Å². The van der Waals surface area contributed by atoms with Crippen LogP contribution in [0.1, 0.15) is 55.6 Å². The first-order valence-corrected chi connectivity index (χ1v) is 12.4. The molecule has 0 spiro atoms. The van der Waals surface area contributed by atoms with E-state index in [1.165, 1.54) is 11.3 Å². The van der Waals surface area contributed by atoms with Gasteiger partial charge in [0.05, 0.1) is 11.9 Å². The van der Waals surface area contributed by atoms with Crippen molar-refractivity contribution < 1.29 is 9.21 Å². The number of anilines is 2. The lowest BCUT2D eigenvalue weighted by atomic mass is 9.94. The Morgan fingerprint density at radius 3 is 2.81 bits per heavy atom. The highest BCUT2D eigenvalue weighted by molar-refractivity contribution is 8.00. The smallest absolute Gasteiger partial charge is 0.253 e. The monoisotopic (exact) mass is 472 g/mol. The van der Waals surface area contributed by atoms with Gasteiger partial charge in [-0.25, -0.2) is 4.98 Å². The van der Waals surface area contributed by atoms with Gasteiger partial charge in [-0.1, -0.05) is 43.9 Å². The van der Waals surface area contributed by atoms with Crippen LogP contribution in [0, 0.1) is 0 Å². The van der Waals surface area contributed by atoms with Gasteiger partial charge in [0.15, 0.2) is 4.34 Å². The van der Waals surface area contributed by atoms with Crippen molar-refractivity contribution in [2.75, 3.05) is 24.1 Å². The van der Waals surface area contributed by atoms with Crippen molar-refractivity contribution in [3.8, 4) is 0 Å². The molecule has 170 valence electrons. The lowest BCUT2D eigenvalue weighted by Crippen LogP contribution is -2.45. The maximum atomic E-state index is 12.8. The molecule has 3 aromatic rings. The van der Waals surface area contributed by atoms with E-state index >= 15 is 0 Å². The zero-order valence-corrected chi connectivity index (χ0v) is 20.1. The standard InChI is InChI=1S/C22H28N6O2S2/c1-22(2,3)17-11-24-18(30-17)13-31-21-27-26-20(32-21)25-16-5-4-10-28(12-16)19(29)14-6-8-15(23)9-7-14/h6-9,11,16H,4-5,10,12-13,23H2,1-3H3,(H,25,26)/t16-/m1/s1. The number of hydrogen-bond donors (Lipinski definition) is 2. The Morgan fingerprint density at radius 2 is 2.09 bits per heavy atom. The largest absolute Gasteiger partial charge is 0.444 e. The number of hydrogen-bond acceptors (Lipinski definition) is 9. The second kappa shape index (κ2) is 9.50. The SMILES string of the molecule is CC(C)(C)c1cnc(CSc2nnc(N[C@@H]3CCCN(C(=O)c4ccc(N)cc4)C3)s2)o1. The third kappa shape index (κ3) is 5.60. The molecule has 0 bridgehead atoms. The quantitative estimate of drug-likeness (QED) is 0.401. The summed E-state index contributed by atoms with van der Waals surface area (Å²) in [5, 5.41) is 12.8. The summed E-state index contributed by atoms with van der Waals surface area (Å²) in [7, 11) is 0. The number of likely N-dealkylation sites (tertiary alicyclic amines) is 1. The number of thioether (sulfide) groups is 1. The Kier molecular flexibility index (Phi) is 6.71. The number of amides is 1. The van der Waals surface area contributed by atoms with Crippen LogP contribution in [0.25, 0.3) is 0 Å². The van der Waals surface area contributed by atoms with Gasteiger partial charge in [-0.15, -0.1) is 10.2 Å². The number of piperidine rings is 1. The second-order valence-electron chi connectivity index (χ2n) is 8.89. The van der Waals surface area contributed by atoms with Crippen molar-refractivity contribution >= 4 is 39.8 Å². The van der Waals surface area contributed by atoms with Crippen LogP contribution in [0.4, 0.5) is 10.8 Å². The third-order valence-corrected chi connectivity index (χ3v) is 7.18. The summed E-state index contributed by atoms with van der Waals surface area (Å²) in [6.07, 6.45) is 3.72. The van der Waals surface area contributed by atoms with Crippen LogP contribution in [0.15, 0.2) is 39.2 Å². The number of rotatable bonds is 6. The van der Waals surface area contributed by atoms with Crippen molar-refractivity contribution in [2.24, 2.45) is 0 Å². The van der Waals surface area contributed by atoms with Crippen LogP contribution in [-0.2, 0) is 11.2 Å². The molecule has 0 aliphatic carbocycles. The average Bonchev–Trinajstić information content (AvgIpc) is 3.42. The molecule has 1 aliphatic rings. The predicted octanol–water partition coefficient (Wildman–Crippen LogP) is 4.41. The van der Waals surface area contributed by atoms with Crippen molar-refractivity contribution in [2.45, 2.75) is 55.2 Å². The van der Waals surface area contributed by atoms with E-state index in [1.807, 2.05) is 4.90 Å². The molecular weight excluding hydrogens is 444 g/mol. The Bertz CT molecular complexity index is 1060. The van der Waals surface area contributed by atoms with E-state index in [2.05, 4.69) is 41.3 Å². The van der Waals surface area contributed by atoms with Crippen molar-refractivity contribution in [3.63, 3.8) is 0 Å². The number of benzene rings is 1. The average molecular weight is 473 g/mol. The Labute approximate surface area is 196 Å². The van der Waals surface area contributed by atoms with E-state index < -0.39 is 0 Å². The van der Waals surface area contributed by atoms with Crippen LogP contribution in [0.2, 0.25) is 0 Å². The summed E-state index contributed by atoms with van der Waals surface area (Å²) in [5.41, 5.74) is 6.99. The first kappa shape index (κ1) is 22.6. The zero-order valence-electron chi connectivity index (χ0n) is 18.5. The highest BCUT2D eigenvalue weighted by atomic mass is 32.2. The molecule has 0 saturated carbocycles. The minimum atomic E-state index is -0.0567. The number of nitrogens with two attached hydrogens (primary N) is 1. The Balaban J connectivity index is 1.30. The number of nitrogen functional groups attached to an aromatic ring is 1. The van der Waals surface area contributed by atoms with E-state index in [0.717, 1.165) is 34.6 Å². The van der Waals surface area contributed by atoms with E-state index in [1.54, 1.807) is 42.2 Å². The highest BCUT2D eigenvalue weighted by Crippen LogP contribution is 2.30. The molecule has 1 fully saturated rings. The van der Waals surface area contributed by atoms with Gasteiger partial charge in [0.1, 0.15) is 5.76 Å². The molecule has 8 nitrogen and oxygen atoms in total. The van der Waals surface area contributed by atoms with E-state index in [0.29, 0.717) is 29.4 Å². The van der Waals surface area contributed by atoms with Gasteiger partial charge < -0.3 is 20.4 Å². The molecule has 1 saturated heterocycles. The molecule has 10 heteroatoms. The second-order valence-corrected chi connectivity index (χ2v) is 11.1. The zero-order chi connectivity index (χ0) is 22.7. The number of oxazole rings is 1. The molecule has 1 amide bonds. The molecule has 1 aromatic carbocycles. The van der Waals surface area contributed by atoms with Gasteiger partial charge in [0.25, 0.3) is 5.91 Å². The molecule has 1 aliphatic heterocycles. The number of carbonyl (C=O) groups is 1. The predicted molar refractivity (Wildman–Crippen MR) is 128 cm³/mol. The number of carbonyl (C=O) groups excluding carboxylic acids is 1. The summed E-state index contributed by atoms with van der Waals surface area (Å²) in [6.45, 7) is 7.69. The first-order valence-electron chi connectivity index (χ1n) is 10.6. The summed E-state index contributed by atoms with van der Waals surface area (Å²) < 4.78 is 6.70. The fourth-order valence-corrected chi connectivity index (χ4v) is 5.12. The summed E-state index contributed by atoms with van der Waals surface area (Å²) in [6, 6.07) is 7.22. The van der Waals surface area contributed by atoms with Crippen molar-refractivity contribution in [1.82, 2.24) is 20.1 Å². The summed E-state index contributed by atoms with van der Waals surface area (Å²) in [5.74, 6) is 2.21.